The first-order chi connectivity index (χ1) is 12.0. The van der Waals surface area contributed by atoms with E-state index < -0.39 is 0 Å². The molecule has 0 saturated heterocycles. The monoisotopic (exact) mass is 340 g/mol. The number of nitrogens with one attached hydrogen (secondary N) is 1. The van der Waals surface area contributed by atoms with Gasteiger partial charge in [-0.2, -0.15) is 0 Å². The van der Waals surface area contributed by atoms with E-state index in [9.17, 15) is 4.79 Å². The molecule has 5 heteroatoms. The number of rotatable bonds is 7. The van der Waals surface area contributed by atoms with Crippen LogP contribution in [-0.2, 0) is 11.3 Å². The Labute approximate surface area is 148 Å². The van der Waals surface area contributed by atoms with Gasteiger partial charge in [-0.3, -0.25) is 4.79 Å². The Balaban J connectivity index is 1.94. The Morgan fingerprint density at radius 2 is 1.80 bits per heavy atom. The van der Waals surface area contributed by atoms with Crippen molar-refractivity contribution in [1.29, 1.82) is 0 Å². The van der Waals surface area contributed by atoms with Crippen molar-refractivity contribution >= 4 is 17.7 Å². The molecular weight excluding hydrogens is 316 g/mol. The predicted octanol–water partition coefficient (Wildman–Crippen LogP) is 3.10. The Morgan fingerprint density at radius 1 is 1.08 bits per heavy atom. The second kappa shape index (κ2) is 8.78. The number of carbonyl (C=O) groups is 1. The van der Waals surface area contributed by atoms with E-state index in [4.69, 9.17) is 9.47 Å². The molecule has 2 aromatic rings. The van der Waals surface area contributed by atoms with Crippen molar-refractivity contribution in [2.75, 3.05) is 33.2 Å². The maximum absolute atomic E-state index is 12.0. The summed E-state index contributed by atoms with van der Waals surface area (Å²) in [6.45, 7) is 0.483. The van der Waals surface area contributed by atoms with Gasteiger partial charge in [-0.1, -0.05) is 12.1 Å². The summed E-state index contributed by atoms with van der Waals surface area (Å²) in [6, 6.07) is 13.5. The first-order valence-corrected chi connectivity index (χ1v) is 7.97. The van der Waals surface area contributed by atoms with Crippen molar-refractivity contribution in [3.05, 3.63) is 59.7 Å². The Kier molecular flexibility index (Phi) is 6.46. The highest BCUT2D eigenvalue weighted by molar-refractivity contribution is 5.92. The zero-order valence-corrected chi connectivity index (χ0v) is 15.1. The molecule has 0 heterocycles. The molecule has 0 bridgehead atoms. The number of nitrogens with zero attached hydrogens (tertiary/aromatic N) is 1. The normalized spacial score (nSPS) is 10.6. The third-order valence-electron chi connectivity index (χ3n) is 3.77. The van der Waals surface area contributed by atoms with Crippen LogP contribution >= 0.6 is 0 Å². The van der Waals surface area contributed by atoms with Crippen molar-refractivity contribution in [3.63, 3.8) is 0 Å². The molecule has 1 amide bonds. The Morgan fingerprint density at radius 3 is 2.40 bits per heavy atom. The number of methoxy groups -OCH3 is 2. The fourth-order valence-corrected chi connectivity index (χ4v) is 2.28. The Hall–Kier alpha value is -2.95. The summed E-state index contributed by atoms with van der Waals surface area (Å²) in [7, 11) is 7.18. The molecule has 2 rings (SSSR count). The molecule has 1 N–H and O–H groups in total. The molecule has 0 unspecified atom stereocenters. The zero-order chi connectivity index (χ0) is 18.2. The molecule has 0 aliphatic rings. The molecule has 0 aliphatic heterocycles. The topological polar surface area (TPSA) is 50.8 Å². The van der Waals surface area contributed by atoms with Crippen molar-refractivity contribution in [2.45, 2.75) is 6.54 Å². The maximum atomic E-state index is 12.0. The second-order valence-electron chi connectivity index (χ2n) is 5.72. The SMILES string of the molecule is COc1ccc(/C=C/C(=O)NCc2ccc(N(C)C)cc2)c(OC)c1. The van der Waals surface area contributed by atoms with Gasteiger partial charge in [-0.05, 0) is 35.9 Å². The largest absolute Gasteiger partial charge is 0.497 e. The van der Waals surface area contributed by atoms with Gasteiger partial charge in [-0.25, -0.2) is 0 Å². The van der Waals surface area contributed by atoms with Gasteiger partial charge < -0.3 is 19.7 Å². The van der Waals surface area contributed by atoms with Crippen LogP contribution in [0.1, 0.15) is 11.1 Å². The van der Waals surface area contributed by atoms with Crippen LogP contribution in [0.3, 0.4) is 0 Å². The molecule has 0 spiro atoms. The average molecular weight is 340 g/mol. The van der Waals surface area contributed by atoms with Gasteiger partial charge in [0.2, 0.25) is 5.91 Å². The van der Waals surface area contributed by atoms with Crippen molar-refractivity contribution in [1.82, 2.24) is 5.32 Å². The van der Waals surface area contributed by atoms with Crippen LogP contribution in [0.25, 0.3) is 6.08 Å². The minimum atomic E-state index is -0.158. The standard InChI is InChI=1S/C20H24N2O3/c1-22(2)17-9-5-15(6-10-17)14-21-20(23)12-8-16-7-11-18(24-3)13-19(16)25-4/h5-13H,14H2,1-4H3,(H,21,23)/b12-8+. The number of ether oxygens (including phenoxy) is 2. The number of carbonyl (C=O) groups excluding carboxylic acids is 1. The molecule has 0 aliphatic carbocycles. The summed E-state index contributed by atoms with van der Waals surface area (Å²) >= 11 is 0. The van der Waals surface area contributed by atoms with Crippen molar-refractivity contribution in [3.8, 4) is 11.5 Å². The number of hydrogen-bond donors (Lipinski definition) is 1. The third kappa shape index (κ3) is 5.28. The van der Waals surface area contributed by atoms with Crippen molar-refractivity contribution in [2.24, 2.45) is 0 Å². The van der Waals surface area contributed by atoms with Crippen molar-refractivity contribution < 1.29 is 14.3 Å². The maximum Gasteiger partial charge on any atom is 0.244 e. The molecule has 2 aromatic carbocycles. The molecule has 0 radical (unpaired) electrons. The fourth-order valence-electron chi connectivity index (χ4n) is 2.28. The molecule has 25 heavy (non-hydrogen) atoms. The van der Waals surface area contributed by atoms with E-state index in [1.807, 2.05) is 55.4 Å². The van der Waals surface area contributed by atoms with Crippen LogP contribution in [0.15, 0.2) is 48.5 Å². The highest BCUT2D eigenvalue weighted by Crippen LogP contribution is 2.25. The lowest BCUT2D eigenvalue weighted by Crippen LogP contribution is -2.20. The number of hydrogen-bond acceptors (Lipinski definition) is 4. The number of benzene rings is 2. The van der Waals surface area contributed by atoms with Gasteiger partial charge in [0.1, 0.15) is 11.5 Å². The van der Waals surface area contributed by atoms with Crippen LogP contribution in [0.2, 0.25) is 0 Å². The molecular formula is C20H24N2O3. The lowest BCUT2D eigenvalue weighted by Gasteiger charge is -2.12. The van der Waals surface area contributed by atoms with Gasteiger partial charge in [0.15, 0.2) is 0 Å². The zero-order valence-electron chi connectivity index (χ0n) is 15.1. The molecule has 5 nitrogen and oxygen atoms in total. The lowest BCUT2D eigenvalue weighted by molar-refractivity contribution is -0.116. The van der Waals surface area contributed by atoms with Gasteiger partial charge in [-0.15, -0.1) is 0 Å². The molecule has 0 saturated carbocycles. The third-order valence-corrected chi connectivity index (χ3v) is 3.77. The lowest BCUT2D eigenvalue weighted by atomic mass is 10.1. The molecule has 0 fully saturated rings. The fraction of sp³-hybridized carbons (Fsp3) is 0.250. The summed E-state index contributed by atoms with van der Waals surface area (Å²) < 4.78 is 10.5. The van der Waals surface area contributed by atoms with Gasteiger partial charge >= 0.3 is 0 Å². The van der Waals surface area contributed by atoms with Crippen LogP contribution in [0.4, 0.5) is 5.69 Å². The van der Waals surface area contributed by atoms with E-state index >= 15 is 0 Å². The average Bonchev–Trinajstić information content (AvgIpc) is 2.64. The van der Waals surface area contributed by atoms with Crippen LogP contribution in [-0.4, -0.2) is 34.2 Å². The van der Waals surface area contributed by atoms with Crippen LogP contribution < -0.4 is 19.7 Å². The van der Waals surface area contributed by atoms with Crippen LogP contribution in [0.5, 0.6) is 11.5 Å². The summed E-state index contributed by atoms with van der Waals surface area (Å²) in [6.07, 6.45) is 3.22. The van der Waals surface area contributed by atoms with E-state index in [0.29, 0.717) is 18.0 Å². The second-order valence-corrected chi connectivity index (χ2v) is 5.72. The number of anilines is 1. The van der Waals surface area contributed by atoms with Gasteiger partial charge in [0, 0.05) is 44.0 Å². The molecule has 0 atom stereocenters. The predicted molar refractivity (Wildman–Crippen MR) is 101 cm³/mol. The summed E-state index contributed by atoms with van der Waals surface area (Å²) in [4.78, 5) is 14.1. The summed E-state index contributed by atoms with van der Waals surface area (Å²) in [5, 5.41) is 2.87. The minimum Gasteiger partial charge on any atom is -0.497 e. The quantitative estimate of drug-likeness (QED) is 0.787. The first-order valence-electron chi connectivity index (χ1n) is 7.97. The smallest absolute Gasteiger partial charge is 0.244 e. The summed E-state index contributed by atoms with van der Waals surface area (Å²) in [5.41, 5.74) is 2.99. The highest BCUT2D eigenvalue weighted by Gasteiger charge is 2.03. The van der Waals surface area contributed by atoms with E-state index in [2.05, 4.69) is 5.32 Å². The van der Waals surface area contributed by atoms with E-state index in [-0.39, 0.29) is 5.91 Å². The van der Waals surface area contributed by atoms with E-state index in [1.54, 1.807) is 26.4 Å². The van der Waals surface area contributed by atoms with E-state index in [0.717, 1.165) is 16.8 Å². The summed E-state index contributed by atoms with van der Waals surface area (Å²) in [5.74, 6) is 1.21. The number of amides is 1. The van der Waals surface area contributed by atoms with Gasteiger partial charge in [0.25, 0.3) is 0 Å². The minimum absolute atomic E-state index is 0.158. The first kappa shape index (κ1) is 18.4. The van der Waals surface area contributed by atoms with Crippen LogP contribution in [0, 0.1) is 0 Å². The molecule has 0 aromatic heterocycles. The van der Waals surface area contributed by atoms with E-state index in [1.165, 1.54) is 6.08 Å². The molecule has 132 valence electrons. The Bertz CT molecular complexity index is 737. The highest BCUT2D eigenvalue weighted by atomic mass is 16.5. The van der Waals surface area contributed by atoms with Gasteiger partial charge in [0.05, 0.1) is 14.2 Å².